The third kappa shape index (κ3) is 2.63. The van der Waals surface area contributed by atoms with Gasteiger partial charge in [0, 0.05) is 23.2 Å². The van der Waals surface area contributed by atoms with Gasteiger partial charge in [0.15, 0.2) is 3.95 Å². The zero-order valence-corrected chi connectivity index (χ0v) is 14.7. The van der Waals surface area contributed by atoms with Crippen LogP contribution in [-0.2, 0) is 4.79 Å². The summed E-state index contributed by atoms with van der Waals surface area (Å²) in [6.45, 7) is 0. The molecule has 1 aromatic carbocycles. The number of benzene rings is 1. The van der Waals surface area contributed by atoms with Gasteiger partial charge in [-0.1, -0.05) is 29.5 Å². The lowest BCUT2D eigenvalue weighted by Gasteiger charge is -2.07. The van der Waals surface area contributed by atoms with Gasteiger partial charge < -0.3 is 5.11 Å². The molecule has 3 aromatic rings. The maximum atomic E-state index is 12.3. The minimum atomic E-state index is -0.462. The molecule has 0 spiro atoms. The third-order valence-corrected chi connectivity index (χ3v) is 5.16. The molecule has 3 heterocycles. The average molecular weight is 382 g/mol. The number of carbonyl (C=O) groups excluding carboxylic acids is 2. The van der Waals surface area contributed by atoms with E-state index in [1.165, 1.54) is 24.5 Å². The molecule has 0 aliphatic carbocycles. The van der Waals surface area contributed by atoms with E-state index in [2.05, 4.69) is 15.4 Å². The normalized spacial score (nSPS) is 12.6. The Morgan fingerprint density at radius 3 is 2.69 bits per heavy atom. The SMILES string of the molecule is O=C1N=c2ccccc2=C1c1sc(=S)n(NC(=O)c2ccncc2)c1O. The molecule has 1 aliphatic rings. The van der Waals surface area contributed by atoms with Gasteiger partial charge in [-0.25, -0.2) is 4.99 Å². The summed E-state index contributed by atoms with van der Waals surface area (Å²) in [6.07, 6.45) is 2.97. The Kier molecular flexibility index (Phi) is 3.94. The number of hydrogen-bond acceptors (Lipinski definition) is 6. The van der Waals surface area contributed by atoms with Gasteiger partial charge in [0.25, 0.3) is 11.8 Å². The van der Waals surface area contributed by atoms with E-state index in [4.69, 9.17) is 12.2 Å². The molecule has 26 heavy (non-hydrogen) atoms. The van der Waals surface area contributed by atoms with Crippen LogP contribution < -0.4 is 16.0 Å². The molecule has 7 nitrogen and oxygen atoms in total. The summed E-state index contributed by atoms with van der Waals surface area (Å²) in [6, 6.07) is 10.1. The van der Waals surface area contributed by atoms with E-state index >= 15 is 0 Å². The number of fused-ring (bicyclic) bond motifs is 1. The predicted molar refractivity (Wildman–Crippen MR) is 97.5 cm³/mol. The van der Waals surface area contributed by atoms with Gasteiger partial charge in [-0.15, -0.1) is 0 Å². The second-order valence-electron chi connectivity index (χ2n) is 5.34. The lowest BCUT2D eigenvalue weighted by atomic mass is 10.1. The molecule has 0 unspecified atom stereocenters. The van der Waals surface area contributed by atoms with Crippen molar-refractivity contribution in [2.75, 3.05) is 5.43 Å². The highest BCUT2D eigenvalue weighted by Crippen LogP contribution is 2.31. The van der Waals surface area contributed by atoms with Crippen molar-refractivity contribution in [1.82, 2.24) is 9.66 Å². The lowest BCUT2D eigenvalue weighted by molar-refractivity contribution is -0.112. The number of amides is 2. The first-order chi connectivity index (χ1) is 12.6. The summed E-state index contributed by atoms with van der Waals surface area (Å²) in [4.78, 5) is 32.7. The number of thiazole rings is 1. The molecule has 2 amide bonds. The fourth-order valence-corrected chi connectivity index (χ4v) is 3.84. The number of nitrogens with one attached hydrogen (secondary N) is 1. The van der Waals surface area contributed by atoms with Crippen LogP contribution in [0, 0.1) is 3.95 Å². The molecule has 0 fully saturated rings. The minimum Gasteiger partial charge on any atom is -0.492 e. The molecule has 0 bridgehead atoms. The van der Waals surface area contributed by atoms with Crippen molar-refractivity contribution in [2.24, 2.45) is 4.99 Å². The number of carbonyl (C=O) groups is 2. The first kappa shape index (κ1) is 16.3. The number of aromatic nitrogens is 2. The van der Waals surface area contributed by atoms with E-state index in [0.717, 1.165) is 16.0 Å². The number of para-hydroxylation sites is 1. The largest absolute Gasteiger partial charge is 0.492 e. The molecule has 0 saturated carbocycles. The highest BCUT2D eigenvalue weighted by molar-refractivity contribution is 7.73. The minimum absolute atomic E-state index is 0.199. The molecule has 0 atom stereocenters. The van der Waals surface area contributed by atoms with Crippen LogP contribution >= 0.6 is 23.6 Å². The number of hydrogen-bond donors (Lipinski definition) is 2. The summed E-state index contributed by atoms with van der Waals surface area (Å²) in [7, 11) is 0. The zero-order valence-electron chi connectivity index (χ0n) is 13.0. The Hall–Kier alpha value is -3.17. The van der Waals surface area contributed by atoms with Crippen LogP contribution in [-0.4, -0.2) is 26.6 Å². The highest BCUT2D eigenvalue weighted by atomic mass is 32.1. The van der Waals surface area contributed by atoms with Gasteiger partial charge in [0.1, 0.15) is 4.88 Å². The van der Waals surface area contributed by atoms with Crippen molar-refractivity contribution >= 4 is 40.9 Å². The van der Waals surface area contributed by atoms with E-state index in [-0.39, 0.29) is 20.3 Å². The Labute approximate surface area is 155 Å². The number of nitrogens with zero attached hydrogens (tertiary/aromatic N) is 3. The van der Waals surface area contributed by atoms with Gasteiger partial charge in [-0.05, 0) is 30.4 Å². The summed E-state index contributed by atoms with van der Waals surface area (Å²) in [5.41, 5.74) is 3.16. The van der Waals surface area contributed by atoms with Gasteiger partial charge in [0.05, 0.1) is 10.9 Å². The van der Waals surface area contributed by atoms with Crippen LogP contribution in [0.2, 0.25) is 0 Å². The summed E-state index contributed by atoms with van der Waals surface area (Å²) < 4.78 is 1.28. The Morgan fingerprint density at radius 1 is 1.19 bits per heavy atom. The van der Waals surface area contributed by atoms with Crippen LogP contribution in [0.4, 0.5) is 0 Å². The van der Waals surface area contributed by atoms with Gasteiger partial charge in [0.2, 0.25) is 5.88 Å². The number of aromatic hydroxyl groups is 1. The fourth-order valence-electron chi connectivity index (χ4n) is 2.58. The number of rotatable bonds is 3. The van der Waals surface area contributed by atoms with Crippen LogP contribution in [0.1, 0.15) is 15.2 Å². The molecule has 4 rings (SSSR count). The van der Waals surface area contributed by atoms with E-state index in [1.54, 1.807) is 24.3 Å². The van der Waals surface area contributed by atoms with E-state index in [9.17, 15) is 14.7 Å². The molecular formula is C17H10N4O3S2. The van der Waals surface area contributed by atoms with E-state index < -0.39 is 11.8 Å². The van der Waals surface area contributed by atoms with E-state index in [1.807, 2.05) is 0 Å². The monoisotopic (exact) mass is 382 g/mol. The topological polar surface area (TPSA) is 96.6 Å². The molecule has 1 aliphatic heterocycles. The third-order valence-electron chi connectivity index (χ3n) is 3.78. The molecule has 128 valence electrons. The predicted octanol–water partition coefficient (Wildman–Crippen LogP) is 1.12. The molecular weight excluding hydrogens is 372 g/mol. The highest BCUT2D eigenvalue weighted by Gasteiger charge is 2.25. The molecule has 2 N–H and O–H groups in total. The smallest absolute Gasteiger partial charge is 0.279 e. The summed E-state index contributed by atoms with van der Waals surface area (Å²) >= 11 is 6.27. The summed E-state index contributed by atoms with van der Waals surface area (Å²) in [5.74, 6) is -1.22. The zero-order chi connectivity index (χ0) is 18.3. The van der Waals surface area contributed by atoms with Crippen molar-refractivity contribution in [3.05, 3.63) is 73.8 Å². The van der Waals surface area contributed by atoms with Crippen molar-refractivity contribution in [2.45, 2.75) is 0 Å². The quantitative estimate of drug-likeness (QED) is 0.662. The first-order valence-electron chi connectivity index (χ1n) is 7.45. The Balaban J connectivity index is 1.80. The van der Waals surface area contributed by atoms with E-state index in [0.29, 0.717) is 16.1 Å². The van der Waals surface area contributed by atoms with Crippen LogP contribution in [0.15, 0.2) is 53.8 Å². The summed E-state index contributed by atoms with van der Waals surface area (Å²) in [5, 5.41) is 11.7. The van der Waals surface area contributed by atoms with Crippen LogP contribution in [0.5, 0.6) is 5.88 Å². The molecule has 0 radical (unpaired) electrons. The second-order valence-corrected chi connectivity index (χ2v) is 6.99. The lowest BCUT2D eigenvalue weighted by Crippen LogP contribution is -2.23. The van der Waals surface area contributed by atoms with Crippen molar-refractivity contribution in [1.29, 1.82) is 0 Å². The van der Waals surface area contributed by atoms with Gasteiger partial charge >= 0.3 is 0 Å². The van der Waals surface area contributed by atoms with Crippen molar-refractivity contribution < 1.29 is 14.7 Å². The van der Waals surface area contributed by atoms with Crippen molar-refractivity contribution in [3.8, 4) is 5.88 Å². The van der Waals surface area contributed by atoms with Crippen LogP contribution in [0.25, 0.3) is 5.57 Å². The molecule has 2 aromatic heterocycles. The molecule has 0 saturated heterocycles. The number of pyridine rings is 1. The Morgan fingerprint density at radius 2 is 1.92 bits per heavy atom. The van der Waals surface area contributed by atoms with Crippen LogP contribution in [0.3, 0.4) is 0 Å². The second kappa shape index (κ2) is 6.28. The first-order valence-corrected chi connectivity index (χ1v) is 8.67. The fraction of sp³-hybridized carbons (Fsp3) is 0. The van der Waals surface area contributed by atoms with Gasteiger partial charge in [-0.3, -0.25) is 20.0 Å². The van der Waals surface area contributed by atoms with Crippen molar-refractivity contribution in [3.63, 3.8) is 0 Å². The van der Waals surface area contributed by atoms with Gasteiger partial charge in [-0.2, -0.15) is 4.68 Å². The maximum Gasteiger partial charge on any atom is 0.279 e. The standard InChI is InChI=1S/C17H10N4O3S2/c22-14(9-5-7-18-8-6-9)20-21-16(24)13(26-17(21)25)12-10-3-1-2-4-11(10)19-15(12)23/h1-8,24H,(H,20,22). The Bertz CT molecular complexity index is 1230. The maximum absolute atomic E-state index is 12.3. The molecule has 9 heteroatoms. The average Bonchev–Trinajstić information content (AvgIpc) is 3.12.